The number of carbonyl (C=O) groups is 1. The van der Waals surface area contributed by atoms with Crippen LogP contribution >= 0.6 is 11.3 Å². The van der Waals surface area contributed by atoms with Crippen LogP contribution in [0.5, 0.6) is 5.75 Å². The van der Waals surface area contributed by atoms with Gasteiger partial charge in [-0.2, -0.15) is 5.10 Å². The molecule has 0 unspecified atom stereocenters. The van der Waals surface area contributed by atoms with Gasteiger partial charge in [-0.3, -0.25) is 9.59 Å². The summed E-state index contributed by atoms with van der Waals surface area (Å²) in [5, 5.41) is 16.1. The van der Waals surface area contributed by atoms with E-state index in [2.05, 4.69) is 20.6 Å². The Labute approximate surface area is 159 Å². The minimum Gasteiger partial charge on any atom is -0.497 e. The van der Waals surface area contributed by atoms with Crippen LogP contribution in [-0.4, -0.2) is 33.0 Å². The molecule has 0 spiro atoms. The van der Waals surface area contributed by atoms with E-state index >= 15 is 0 Å². The third-order valence-corrected chi connectivity index (χ3v) is 4.53. The molecule has 27 heavy (non-hydrogen) atoms. The number of anilines is 1. The summed E-state index contributed by atoms with van der Waals surface area (Å²) < 4.78 is 6.59. The lowest BCUT2D eigenvalue weighted by molar-refractivity contribution is -0.116. The summed E-state index contributed by atoms with van der Waals surface area (Å²) in [6, 6.07) is 10.6. The summed E-state index contributed by atoms with van der Waals surface area (Å²) in [5.41, 5.74) is 1.32. The molecular formula is C18H19N5O3S. The number of nitrogens with zero attached hydrogens (tertiary/aromatic N) is 4. The van der Waals surface area contributed by atoms with Gasteiger partial charge in [0.1, 0.15) is 10.8 Å². The van der Waals surface area contributed by atoms with Crippen molar-refractivity contribution in [1.82, 2.24) is 20.0 Å². The first kappa shape index (κ1) is 18.7. The number of amides is 1. The Morgan fingerprint density at radius 1 is 1.26 bits per heavy atom. The van der Waals surface area contributed by atoms with Crippen molar-refractivity contribution in [2.45, 2.75) is 26.3 Å². The summed E-state index contributed by atoms with van der Waals surface area (Å²) in [4.78, 5) is 24.0. The fourth-order valence-corrected chi connectivity index (χ4v) is 3.07. The van der Waals surface area contributed by atoms with Crippen molar-refractivity contribution in [2.75, 3.05) is 12.4 Å². The Morgan fingerprint density at radius 3 is 2.85 bits per heavy atom. The van der Waals surface area contributed by atoms with E-state index in [0.717, 1.165) is 16.3 Å². The van der Waals surface area contributed by atoms with E-state index in [1.807, 2.05) is 31.2 Å². The number of aryl methyl sites for hydroxylation is 2. The molecule has 0 atom stereocenters. The average Bonchev–Trinajstić information content (AvgIpc) is 3.08. The molecule has 1 aromatic carbocycles. The topological polar surface area (TPSA) is 99.0 Å². The number of benzene rings is 1. The second-order valence-electron chi connectivity index (χ2n) is 5.79. The predicted molar refractivity (Wildman–Crippen MR) is 103 cm³/mol. The van der Waals surface area contributed by atoms with Crippen LogP contribution in [0.3, 0.4) is 0 Å². The van der Waals surface area contributed by atoms with E-state index in [1.54, 1.807) is 13.2 Å². The quantitative estimate of drug-likeness (QED) is 0.671. The van der Waals surface area contributed by atoms with Gasteiger partial charge in [0.05, 0.1) is 12.8 Å². The van der Waals surface area contributed by atoms with Crippen molar-refractivity contribution in [1.29, 1.82) is 0 Å². The zero-order chi connectivity index (χ0) is 19.2. The highest BCUT2D eigenvalue weighted by molar-refractivity contribution is 7.15. The predicted octanol–water partition coefficient (Wildman–Crippen LogP) is 2.50. The van der Waals surface area contributed by atoms with E-state index in [9.17, 15) is 9.59 Å². The van der Waals surface area contributed by atoms with Crippen molar-refractivity contribution in [3.8, 4) is 17.0 Å². The third kappa shape index (κ3) is 4.98. The van der Waals surface area contributed by atoms with Crippen molar-refractivity contribution in [3.05, 3.63) is 51.8 Å². The van der Waals surface area contributed by atoms with Crippen molar-refractivity contribution >= 4 is 22.4 Å². The maximum absolute atomic E-state index is 12.1. The van der Waals surface area contributed by atoms with Crippen molar-refractivity contribution < 1.29 is 9.53 Å². The molecule has 0 bridgehead atoms. The molecule has 2 aromatic heterocycles. The van der Waals surface area contributed by atoms with Crippen LogP contribution in [0, 0.1) is 6.92 Å². The van der Waals surface area contributed by atoms with Crippen LogP contribution < -0.4 is 15.6 Å². The molecule has 3 rings (SSSR count). The Balaban J connectivity index is 1.63. The second kappa shape index (κ2) is 8.54. The molecule has 1 N–H and O–H groups in total. The van der Waals surface area contributed by atoms with Crippen LogP contribution in [0.15, 0.2) is 41.2 Å². The fourth-order valence-electron chi connectivity index (χ4n) is 2.46. The fraction of sp³-hybridized carbons (Fsp3) is 0.278. The average molecular weight is 385 g/mol. The minimum absolute atomic E-state index is 0.164. The van der Waals surface area contributed by atoms with E-state index in [1.165, 1.54) is 22.1 Å². The Hall–Kier alpha value is -3.07. The van der Waals surface area contributed by atoms with E-state index in [-0.39, 0.29) is 17.9 Å². The number of aromatic nitrogens is 4. The van der Waals surface area contributed by atoms with Gasteiger partial charge in [-0.25, -0.2) is 4.68 Å². The smallest absolute Gasteiger partial charge is 0.266 e. The van der Waals surface area contributed by atoms with E-state index in [4.69, 9.17) is 4.74 Å². The summed E-state index contributed by atoms with van der Waals surface area (Å²) in [6.07, 6.45) is 0.744. The Bertz CT molecular complexity index is 998. The SMILES string of the molecule is COc1cccc(-c2ccc(=O)n(CCCC(=O)Nc3nnc(C)s3)n2)c1. The number of ether oxygens (including phenoxy) is 1. The number of nitrogens with one attached hydrogen (secondary N) is 1. The highest BCUT2D eigenvalue weighted by atomic mass is 32.1. The molecule has 0 fully saturated rings. The van der Waals surface area contributed by atoms with Crippen LogP contribution in [-0.2, 0) is 11.3 Å². The molecule has 8 nitrogen and oxygen atoms in total. The molecule has 3 aromatic rings. The monoisotopic (exact) mass is 385 g/mol. The molecule has 0 saturated heterocycles. The lowest BCUT2D eigenvalue weighted by atomic mass is 10.1. The van der Waals surface area contributed by atoms with Crippen molar-refractivity contribution in [3.63, 3.8) is 0 Å². The van der Waals surface area contributed by atoms with Gasteiger partial charge in [0.15, 0.2) is 0 Å². The maximum atomic E-state index is 12.1. The van der Waals surface area contributed by atoms with Crippen molar-refractivity contribution in [2.24, 2.45) is 0 Å². The lowest BCUT2D eigenvalue weighted by Crippen LogP contribution is -2.23. The molecule has 140 valence electrons. The van der Waals surface area contributed by atoms with Crippen LogP contribution in [0.1, 0.15) is 17.8 Å². The zero-order valence-electron chi connectivity index (χ0n) is 15.0. The Morgan fingerprint density at radius 2 is 2.11 bits per heavy atom. The normalized spacial score (nSPS) is 10.6. The standard InChI is InChI=1S/C18H19N5O3S/c1-12-20-21-18(27-12)19-16(24)7-4-10-23-17(25)9-8-15(22-23)13-5-3-6-14(11-13)26-2/h3,5-6,8-9,11H,4,7,10H2,1-2H3,(H,19,21,24). The van der Waals surface area contributed by atoms with E-state index in [0.29, 0.717) is 23.8 Å². The van der Waals surface area contributed by atoms with Crippen LogP contribution in [0.4, 0.5) is 5.13 Å². The molecule has 1 amide bonds. The first-order valence-corrected chi connectivity index (χ1v) is 9.19. The van der Waals surface area contributed by atoms with E-state index < -0.39 is 0 Å². The second-order valence-corrected chi connectivity index (χ2v) is 6.97. The summed E-state index contributed by atoms with van der Waals surface area (Å²) in [5.74, 6) is 0.554. The summed E-state index contributed by atoms with van der Waals surface area (Å²) in [7, 11) is 1.60. The summed E-state index contributed by atoms with van der Waals surface area (Å²) >= 11 is 1.32. The number of hydrogen-bond acceptors (Lipinski definition) is 7. The zero-order valence-corrected chi connectivity index (χ0v) is 15.8. The van der Waals surface area contributed by atoms with Gasteiger partial charge >= 0.3 is 0 Å². The molecule has 0 radical (unpaired) electrons. The highest BCUT2D eigenvalue weighted by Gasteiger charge is 2.08. The first-order chi connectivity index (χ1) is 13.0. The molecule has 0 aliphatic carbocycles. The molecule has 0 aliphatic heterocycles. The van der Waals surface area contributed by atoms with Gasteiger partial charge in [-0.05, 0) is 31.5 Å². The largest absolute Gasteiger partial charge is 0.497 e. The van der Waals surface area contributed by atoms with Gasteiger partial charge in [0.2, 0.25) is 11.0 Å². The van der Waals surface area contributed by atoms with Gasteiger partial charge in [0, 0.05) is 24.6 Å². The number of rotatable bonds is 7. The maximum Gasteiger partial charge on any atom is 0.266 e. The van der Waals surface area contributed by atoms with Crippen LogP contribution in [0.25, 0.3) is 11.3 Å². The van der Waals surface area contributed by atoms with Gasteiger partial charge in [-0.15, -0.1) is 10.2 Å². The van der Waals surface area contributed by atoms with Gasteiger partial charge in [-0.1, -0.05) is 23.5 Å². The minimum atomic E-state index is -0.207. The highest BCUT2D eigenvalue weighted by Crippen LogP contribution is 2.21. The molecule has 0 saturated carbocycles. The summed E-state index contributed by atoms with van der Waals surface area (Å²) in [6.45, 7) is 2.17. The molecular weight excluding hydrogens is 366 g/mol. The van der Waals surface area contributed by atoms with Crippen LogP contribution in [0.2, 0.25) is 0 Å². The van der Waals surface area contributed by atoms with Gasteiger partial charge < -0.3 is 10.1 Å². The number of carbonyl (C=O) groups excluding carboxylic acids is 1. The lowest BCUT2D eigenvalue weighted by Gasteiger charge is -2.08. The number of methoxy groups -OCH3 is 1. The molecule has 2 heterocycles. The Kier molecular flexibility index (Phi) is 5.92. The third-order valence-electron chi connectivity index (χ3n) is 3.78. The first-order valence-electron chi connectivity index (χ1n) is 8.38. The van der Waals surface area contributed by atoms with Gasteiger partial charge in [0.25, 0.3) is 5.56 Å². The molecule has 9 heteroatoms. The number of hydrogen-bond donors (Lipinski definition) is 1. The molecule has 0 aliphatic rings.